The van der Waals surface area contributed by atoms with E-state index < -0.39 is 23.9 Å². The van der Waals surface area contributed by atoms with E-state index in [4.69, 9.17) is 14.2 Å². The lowest BCUT2D eigenvalue weighted by Gasteiger charge is -2.29. The van der Waals surface area contributed by atoms with Gasteiger partial charge in [-0.05, 0) is 56.0 Å². The molecule has 1 saturated heterocycles. The minimum Gasteiger partial charge on any atom is -0.444 e. The maximum absolute atomic E-state index is 12.6. The van der Waals surface area contributed by atoms with Gasteiger partial charge in [-0.3, -0.25) is 9.69 Å². The summed E-state index contributed by atoms with van der Waals surface area (Å²) in [6, 6.07) is 15.6. The van der Waals surface area contributed by atoms with E-state index in [1.807, 2.05) is 48.5 Å². The van der Waals surface area contributed by atoms with Gasteiger partial charge in [-0.15, -0.1) is 0 Å². The van der Waals surface area contributed by atoms with Crippen molar-refractivity contribution in [3.05, 3.63) is 65.2 Å². The van der Waals surface area contributed by atoms with Crippen LogP contribution in [0.5, 0.6) is 0 Å². The van der Waals surface area contributed by atoms with Crippen LogP contribution in [-0.2, 0) is 38.6 Å². The highest BCUT2D eigenvalue weighted by atomic mass is 16.6. The highest BCUT2D eigenvalue weighted by Crippen LogP contribution is 2.28. The Morgan fingerprint density at radius 3 is 2.64 bits per heavy atom. The van der Waals surface area contributed by atoms with Crippen molar-refractivity contribution in [1.29, 1.82) is 0 Å². The smallest absolute Gasteiger partial charge is 0.414 e. The zero-order chi connectivity index (χ0) is 25.7. The van der Waals surface area contributed by atoms with Crippen LogP contribution >= 0.6 is 0 Å². The maximum atomic E-state index is 12.6. The van der Waals surface area contributed by atoms with Gasteiger partial charge in [0, 0.05) is 18.8 Å². The van der Waals surface area contributed by atoms with Crippen molar-refractivity contribution < 1.29 is 28.6 Å². The van der Waals surface area contributed by atoms with Gasteiger partial charge < -0.3 is 24.4 Å². The summed E-state index contributed by atoms with van der Waals surface area (Å²) in [5.41, 5.74) is 3.33. The van der Waals surface area contributed by atoms with E-state index >= 15 is 0 Å². The largest absolute Gasteiger partial charge is 0.444 e. The fourth-order valence-corrected chi connectivity index (χ4v) is 4.19. The van der Waals surface area contributed by atoms with Crippen LogP contribution in [0.25, 0.3) is 0 Å². The Labute approximate surface area is 211 Å². The van der Waals surface area contributed by atoms with Gasteiger partial charge in [0.1, 0.15) is 18.3 Å². The number of alkyl carbamates (subject to hydrolysis) is 1. The zero-order valence-electron chi connectivity index (χ0n) is 21.0. The van der Waals surface area contributed by atoms with Crippen LogP contribution in [0.15, 0.2) is 48.5 Å². The number of benzene rings is 2. The number of amides is 3. The molecule has 1 N–H and O–H groups in total. The summed E-state index contributed by atoms with van der Waals surface area (Å²) >= 11 is 0. The minimum absolute atomic E-state index is 0.0379. The second kappa shape index (κ2) is 11.0. The Hall–Kier alpha value is -3.59. The summed E-state index contributed by atoms with van der Waals surface area (Å²) in [4.78, 5) is 40.3. The van der Waals surface area contributed by atoms with Gasteiger partial charge in [-0.1, -0.05) is 36.4 Å². The molecule has 0 unspecified atom stereocenters. The van der Waals surface area contributed by atoms with Crippen LogP contribution in [0.1, 0.15) is 37.5 Å². The van der Waals surface area contributed by atoms with Crippen LogP contribution in [0.3, 0.4) is 0 Å². The van der Waals surface area contributed by atoms with Gasteiger partial charge in [0.25, 0.3) is 0 Å². The molecule has 2 aromatic rings. The normalized spacial score (nSPS) is 17.4. The summed E-state index contributed by atoms with van der Waals surface area (Å²) in [5, 5.41) is 2.65. The molecule has 0 saturated carbocycles. The predicted octanol–water partition coefficient (Wildman–Crippen LogP) is 3.64. The predicted molar refractivity (Wildman–Crippen MR) is 134 cm³/mol. The third-order valence-corrected chi connectivity index (χ3v) is 5.95. The SMILES string of the molecule is CC(C)(C)OC(=O)NC[C@H]1CN(c2ccc3c(c2)CCN(C(=O)COCc2ccccc2)C3)C(=O)O1. The molecule has 36 heavy (non-hydrogen) atoms. The Bertz CT molecular complexity index is 1100. The quantitative estimate of drug-likeness (QED) is 0.630. The van der Waals surface area contributed by atoms with E-state index in [2.05, 4.69) is 5.32 Å². The van der Waals surface area contributed by atoms with Crippen molar-refractivity contribution in [2.24, 2.45) is 0 Å². The minimum atomic E-state index is -0.596. The molecule has 9 heteroatoms. The summed E-state index contributed by atoms with van der Waals surface area (Å²) < 4.78 is 16.3. The second-order valence-corrected chi connectivity index (χ2v) is 10.00. The van der Waals surface area contributed by atoms with E-state index in [-0.39, 0.29) is 19.1 Å². The summed E-state index contributed by atoms with van der Waals surface area (Å²) in [7, 11) is 0. The first-order valence-corrected chi connectivity index (χ1v) is 12.1. The van der Waals surface area contributed by atoms with Crippen LogP contribution in [0.2, 0.25) is 0 Å². The van der Waals surface area contributed by atoms with Gasteiger partial charge in [0.15, 0.2) is 0 Å². The highest BCUT2D eigenvalue weighted by molar-refractivity contribution is 5.90. The van der Waals surface area contributed by atoms with Crippen LogP contribution < -0.4 is 10.2 Å². The molecule has 2 heterocycles. The van der Waals surface area contributed by atoms with Gasteiger partial charge >= 0.3 is 12.2 Å². The van der Waals surface area contributed by atoms with E-state index in [0.29, 0.717) is 32.7 Å². The van der Waals surface area contributed by atoms with Crippen molar-refractivity contribution in [3.8, 4) is 0 Å². The second-order valence-electron chi connectivity index (χ2n) is 10.00. The first-order chi connectivity index (χ1) is 17.2. The number of nitrogens with one attached hydrogen (secondary N) is 1. The Morgan fingerprint density at radius 1 is 1.11 bits per heavy atom. The van der Waals surface area contributed by atoms with Gasteiger partial charge in [-0.25, -0.2) is 9.59 Å². The number of carbonyl (C=O) groups excluding carboxylic acids is 3. The standard InChI is InChI=1S/C27H33N3O6/c1-27(2,3)36-25(32)28-14-23-16-30(26(33)35-23)22-10-9-21-15-29(12-11-20(21)13-22)24(31)18-34-17-19-7-5-4-6-8-19/h4-10,13,23H,11-12,14-18H2,1-3H3,(H,28,32)/t23-/m0/s1. The lowest BCUT2D eigenvalue weighted by molar-refractivity contribution is -0.137. The van der Waals surface area contributed by atoms with Gasteiger partial charge in [0.2, 0.25) is 5.91 Å². The van der Waals surface area contributed by atoms with Crippen LogP contribution in [0.4, 0.5) is 15.3 Å². The van der Waals surface area contributed by atoms with E-state index in [1.165, 1.54) is 0 Å². The summed E-state index contributed by atoms with van der Waals surface area (Å²) in [5.74, 6) is -0.0379. The molecule has 1 fully saturated rings. The van der Waals surface area contributed by atoms with Crippen molar-refractivity contribution in [1.82, 2.24) is 10.2 Å². The molecule has 2 aromatic carbocycles. The molecule has 3 amide bonds. The average molecular weight is 496 g/mol. The number of ether oxygens (including phenoxy) is 3. The van der Waals surface area contributed by atoms with Gasteiger partial charge in [-0.2, -0.15) is 0 Å². The number of rotatable bonds is 7. The molecule has 9 nitrogen and oxygen atoms in total. The fourth-order valence-electron chi connectivity index (χ4n) is 4.19. The monoisotopic (exact) mass is 495 g/mol. The van der Waals surface area contributed by atoms with Gasteiger partial charge in [0.05, 0.1) is 19.7 Å². The third kappa shape index (κ3) is 6.75. The highest BCUT2D eigenvalue weighted by Gasteiger charge is 2.33. The molecular weight excluding hydrogens is 462 g/mol. The molecule has 192 valence electrons. The molecule has 2 aliphatic rings. The van der Waals surface area contributed by atoms with Crippen LogP contribution in [-0.4, -0.2) is 60.9 Å². The molecule has 0 spiro atoms. The Morgan fingerprint density at radius 2 is 1.89 bits per heavy atom. The number of anilines is 1. The van der Waals surface area contributed by atoms with E-state index in [9.17, 15) is 14.4 Å². The summed E-state index contributed by atoms with van der Waals surface area (Å²) in [6.07, 6.45) is -0.769. The number of carbonyl (C=O) groups is 3. The number of hydrogen-bond acceptors (Lipinski definition) is 6. The van der Waals surface area contributed by atoms with E-state index in [0.717, 1.165) is 22.4 Å². The van der Waals surface area contributed by atoms with Crippen molar-refractivity contribution in [2.45, 2.75) is 52.0 Å². The number of cyclic esters (lactones) is 1. The first-order valence-electron chi connectivity index (χ1n) is 12.1. The van der Waals surface area contributed by atoms with Crippen molar-refractivity contribution in [2.75, 3.05) is 31.1 Å². The average Bonchev–Trinajstić information content (AvgIpc) is 3.22. The molecule has 4 rings (SSSR count). The fraction of sp³-hybridized carbons (Fsp3) is 0.444. The van der Waals surface area contributed by atoms with Crippen LogP contribution in [0, 0.1) is 0 Å². The molecule has 1 atom stereocenters. The van der Waals surface area contributed by atoms with Crippen molar-refractivity contribution >= 4 is 23.8 Å². The number of nitrogens with zero attached hydrogens (tertiary/aromatic N) is 2. The number of fused-ring (bicyclic) bond motifs is 1. The maximum Gasteiger partial charge on any atom is 0.414 e. The number of hydrogen-bond donors (Lipinski definition) is 1. The first kappa shape index (κ1) is 25.5. The van der Waals surface area contributed by atoms with Crippen molar-refractivity contribution in [3.63, 3.8) is 0 Å². The Balaban J connectivity index is 1.28. The zero-order valence-corrected chi connectivity index (χ0v) is 21.0. The molecular formula is C27H33N3O6. The molecule has 0 aromatic heterocycles. The Kier molecular flexibility index (Phi) is 7.79. The molecule has 0 bridgehead atoms. The molecule has 0 radical (unpaired) electrons. The lowest BCUT2D eigenvalue weighted by atomic mass is 9.98. The van der Waals surface area contributed by atoms with E-state index in [1.54, 1.807) is 30.6 Å². The topological polar surface area (TPSA) is 97.4 Å². The third-order valence-electron chi connectivity index (χ3n) is 5.95. The lowest BCUT2D eigenvalue weighted by Crippen LogP contribution is -2.38. The summed E-state index contributed by atoms with van der Waals surface area (Å²) in [6.45, 7) is 7.41. The molecule has 0 aliphatic carbocycles. The molecule has 2 aliphatic heterocycles.